The number of carbonyl (C=O) groups is 1. The molecule has 0 saturated carbocycles. The van der Waals surface area contributed by atoms with Crippen LogP contribution >= 0.6 is 0 Å². The molecule has 0 aliphatic carbocycles. The fraction of sp³-hybridized carbons (Fsp3) is 0.909. The van der Waals surface area contributed by atoms with E-state index in [1.165, 1.54) is 0 Å². The van der Waals surface area contributed by atoms with Gasteiger partial charge >= 0.3 is 5.97 Å². The summed E-state index contributed by atoms with van der Waals surface area (Å²) < 4.78 is 10.5. The fourth-order valence-corrected chi connectivity index (χ4v) is 2.07. The first-order valence-corrected chi connectivity index (χ1v) is 6.05. The quantitative estimate of drug-likeness (QED) is 0.667. The fourth-order valence-electron chi connectivity index (χ4n) is 2.07. The van der Waals surface area contributed by atoms with Gasteiger partial charge in [-0.2, -0.15) is 0 Å². The number of carbonyl (C=O) groups excluding carboxylic acids is 1. The zero-order valence-electron chi connectivity index (χ0n) is 9.61. The first-order valence-electron chi connectivity index (χ1n) is 6.05. The number of rotatable bonds is 3. The standard InChI is InChI=1S/C11H20N2O3/c14-11(16-10-2-7-15-9-10)8-13-5-1-3-12-4-6-13/h10,12H,1-9H2. The number of nitrogens with one attached hydrogen (secondary N) is 1. The van der Waals surface area contributed by atoms with Crippen molar-refractivity contribution in [3.63, 3.8) is 0 Å². The average molecular weight is 228 g/mol. The van der Waals surface area contributed by atoms with Crippen LogP contribution in [0.1, 0.15) is 12.8 Å². The molecule has 16 heavy (non-hydrogen) atoms. The van der Waals surface area contributed by atoms with Crippen molar-refractivity contribution in [2.24, 2.45) is 0 Å². The zero-order chi connectivity index (χ0) is 11.2. The van der Waals surface area contributed by atoms with Crippen molar-refractivity contribution in [1.82, 2.24) is 10.2 Å². The van der Waals surface area contributed by atoms with Gasteiger partial charge in [0.25, 0.3) is 0 Å². The minimum absolute atomic E-state index is 0.0161. The Morgan fingerprint density at radius 2 is 2.38 bits per heavy atom. The summed E-state index contributed by atoms with van der Waals surface area (Å²) in [4.78, 5) is 13.8. The Morgan fingerprint density at radius 1 is 1.44 bits per heavy atom. The van der Waals surface area contributed by atoms with Gasteiger partial charge in [-0.25, -0.2) is 0 Å². The maximum absolute atomic E-state index is 11.6. The average Bonchev–Trinajstić information content (AvgIpc) is 2.62. The van der Waals surface area contributed by atoms with Gasteiger partial charge in [-0.05, 0) is 19.5 Å². The highest BCUT2D eigenvalue weighted by molar-refractivity contribution is 5.71. The second-order valence-corrected chi connectivity index (χ2v) is 4.36. The molecule has 2 fully saturated rings. The van der Waals surface area contributed by atoms with Gasteiger partial charge in [-0.15, -0.1) is 0 Å². The van der Waals surface area contributed by atoms with Crippen LogP contribution < -0.4 is 5.32 Å². The van der Waals surface area contributed by atoms with Crippen LogP contribution in [0.15, 0.2) is 0 Å². The highest BCUT2D eigenvalue weighted by Crippen LogP contribution is 2.08. The van der Waals surface area contributed by atoms with E-state index in [0.717, 1.165) is 39.0 Å². The van der Waals surface area contributed by atoms with E-state index in [4.69, 9.17) is 9.47 Å². The Balaban J connectivity index is 1.68. The molecule has 0 aromatic heterocycles. The Labute approximate surface area is 96.1 Å². The molecule has 0 radical (unpaired) electrons. The van der Waals surface area contributed by atoms with Crippen LogP contribution in [0.5, 0.6) is 0 Å². The molecule has 5 nitrogen and oxygen atoms in total. The van der Waals surface area contributed by atoms with Gasteiger partial charge in [0, 0.05) is 19.5 Å². The molecule has 2 aliphatic rings. The molecule has 2 aliphatic heterocycles. The van der Waals surface area contributed by atoms with Gasteiger partial charge in [-0.3, -0.25) is 9.69 Å². The van der Waals surface area contributed by atoms with Gasteiger partial charge in [0.1, 0.15) is 6.10 Å². The van der Waals surface area contributed by atoms with E-state index in [-0.39, 0.29) is 12.1 Å². The lowest BCUT2D eigenvalue weighted by atomic mass is 10.3. The van der Waals surface area contributed by atoms with Crippen molar-refractivity contribution in [2.45, 2.75) is 18.9 Å². The lowest BCUT2D eigenvalue weighted by molar-refractivity contribution is -0.150. The molecule has 1 unspecified atom stereocenters. The monoisotopic (exact) mass is 228 g/mol. The van der Waals surface area contributed by atoms with Gasteiger partial charge < -0.3 is 14.8 Å². The molecular weight excluding hydrogens is 208 g/mol. The number of esters is 1. The highest BCUT2D eigenvalue weighted by Gasteiger charge is 2.21. The molecule has 1 atom stereocenters. The normalized spacial score (nSPS) is 27.6. The molecule has 5 heteroatoms. The van der Waals surface area contributed by atoms with Crippen molar-refractivity contribution >= 4 is 5.97 Å². The number of nitrogens with zero attached hydrogens (tertiary/aromatic N) is 1. The lowest BCUT2D eigenvalue weighted by Crippen LogP contribution is -2.35. The number of hydrogen-bond donors (Lipinski definition) is 1. The van der Waals surface area contributed by atoms with E-state index in [2.05, 4.69) is 10.2 Å². The molecule has 2 saturated heterocycles. The van der Waals surface area contributed by atoms with Crippen LogP contribution in [0.4, 0.5) is 0 Å². The van der Waals surface area contributed by atoms with E-state index in [1.807, 2.05) is 0 Å². The summed E-state index contributed by atoms with van der Waals surface area (Å²) in [6.45, 7) is 5.60. The van der Waals surface area contributed by atoms with Crippen molar-refractivity contribution in [2.75, 3.05) is 45.9 Å². The molecule has 0 bridgehead atoms. The summed E-state index contributed by atoms with van der Waals surface area (Å²) in [5.41, 5.74) is 0. The smallest absolute Gasteiger partial charge is 0.320 e. The second-order valence-electron chi connectivity index (χ2n) is 4.36. The van der Waals surface area contributed by atoms with E-state index in [9.17, 15) is 4.79 Å². The first-order chi connectivity index (χ1) is 7.84. The van der Waals surface area contributed by atoms with Crippen LogP contribution in [-0.2, 0) is 14.3 Å². The summed E-state index contributed by atoms with van der Waals surface area (Å²) in [6.07, 6.45) is 1.92. The predicted molar refractivity (Wildman–Crippen MR) is 59.2 cm³/mol. The lowest BCUT2D eigenvalue weighted by Gasteiger charge is -2.19. The van der Waals surface area contributed by atoms with E-state index in [1.54, 1.807) is 0 Å². The second kappa shape index (κ2) is 6.18. The third kappa shape index (κ3) is 3.73. The SMILES string of the molecule is O=C(CN1CCCNCC1)OC1CCOC1. The van der Waals surface area contributed by atoms with Gasteiger partial charge in [0.05, 0.1) is 19.8 Å². The molecule has 0 spiro atoms. The minimum Gasteiger partial charge on any atom is -0.459 e. The van der Waals surface area contributed by atoms with Crippen molar-refractivity contribution in [3.05, 3.63) is 0 Å². The topological polar surface area (TPSA) is 50.8 Å². The van der Waals surface area contributed by atoms with E-state index < -0.39 is 0 Å². The Morgan fingerprint density at radius 3 is 3.19 bits per heavy atom. The summed E-state index contributed by atoms with van der Waals surface area (Å²) in [7, 11) is 0. The van der Waals surface area contributed by atoms with Crippen LogP contribution in [0, 0.1) is 0 Å². The molecule has 92 valence electrons. The van der Waals surface area contributed by atoms with Gasteiger partial charge in [0.2, 0.25) is 0 Å². The summed E-state index contributed by atoms with van der Waals surface area (Å²) in [5, 5.41) is 3.31. The molecule has 2 heterocycles. The molecule has 0 amide bonds. The molecule has 0 aromatic carbocycles. The third-order valence-electron chi connectivity index (χ3n) is 2.97. The third-order valence-corrected chi connectivity index (χ3v) is 2.97. The molecule has 2 rings (SSSR count). The van der Waals surface area contributed by atoms with Crippen molar-refractivity contribution in [3.8, 4) is 0 Å². The molecule has 0 aromatic rings. The molecular formula is C11H20N2O3. The van der Waals surface area contributed by atoms with Gasteiger partial charge in [0.15, 0.2) is 0 Å². The summed E-state index contributed by atoms with van der Waals surface area (Å²) in [5.74, 6) is -0.114. The maximum Gasteiger partial charge on any atom is 0.320 e. The highest BCUT2D eigenvalue weighted by atomic mass is 16.6. The zero-order valence-corrected chi connectivity index (χ0v) is 9.61. The van der Waals surface area contributed by atoms with E-state index >= 15 is 0 Å². The largest absolute Gasteiger partial charge is 0.459 e. The van der Waals surface area contributed by atoms with Crippen LogP contribution in [0.3, 0.4) is 0 Å². The van der Waals surface area contributed by atoms with E-state index in [0.29, 0.717) is 19.8 Å². The van der Waals surface area contributed by atoms with Crippen molar-refractivity contribution in [1.29, 1.82) is 0 Å². The van der Waals surface area contributed by atoms with Gasteiger partial charge in [-0.1, -0.05) is 0 Å². The van der Waals surface area contributed by atoms with Crippen LogP contribution in [0.25, 0.3) is 0 Å². The van der Waals surface area contributed by atoms with Crippen molar-refractivity contribution < 1.29 is 14.3 Å². The molecule has 1 N–H and O–H groups in total. The number of hydrogen-bond acceptors (Lipinski definition) is 5. The Hall–Kier alpha value is -0.650. The van der Waals surface area contributed by atoms with Crippen LogP contribution in [0.2, 0.25) is 0 Å². The maximum atomic E-state index is 11.6. The Kier molecular flexibility index (Phi) is 4.56. The van der Waals surface area contributed by atoms with Crippen LogP contribution in [-0.4, -0.2) is 62.9 Å². The summed E-state index contributed by atoms with van der Waals surface area (Å²) >= 11 is 0. The number of ether oxygens (including phenoxy) is 2. The predicted octanol–water partition coefficient (Wildman–Crippen LogP) is -0.386. The summed E-state index contributed by atoms with van der Waals surface area (Å²) in [6, 6.07) is 0. The first kappa shape index (κ1) is 11.8. The minimum atomic E-state index is -0.114. The Bertz CT molecular complexity index is 221.